The number of nitrogens with one attached hydrogen (secondary N) is 2. The van der Waals surface area contributed by atoms with Gasteiger partial charge in [-0.3, -0.25) is 4.79 Å². The van der Waals surface area contributed by atoms with E-state index in [2.05, 4.69) is 20.6 Å². The summed E-state index contributed by atoms with van der Waals surface area (Å²) in [6, 6.07) is 13.6. The number of hydrogen-bond donors (Lipinski definition) is 2. The van der Waals surface area contributed by atoms with Crippen molar-refractivity contribution in [3.63, 3.8) is 0 Å². The molecule has 1 fully saturated rings. The lowest BCUT2D eigenvalue weighted by Gasteiger charge is -2.15. The second kappa shape index (κ2) is 7.98. The lowest BCUT2D eigenvalue weighted by molar-refractivity contribution is -0.121. The fourth-order valence-corrected chi connectivity index (χ4v) is 4.48. The monoisotopic (exact) mass is 417 g/mol. The SMILES string of the molecule is CCC(=O)N[C@H]1CC[C@@H](n2nncc2-c2ccc(-c3cc4cc[nH]c4cc3F)cc2)C1. The van der Waals surface area contributed by atoms with Gasteiger partial charge in [-0.05, 0) is 43.0 Å². The Bertz CT molecular complexity index is 1230. The lowest BCUT2D eigenvalue weighted by atomic mass is 10.0. The van der Waals surface area contributed by atoms with Gasteiger partial charge in [0.15, 0.2) is 0 Å². The van der Waals surface area contributed by atoms with Crippen LogP contribution in [0.25, 0.3) is 33.3 Å². The molecular formula is C24H24FN5O. The molecule has 5 rings (SSSR count). The summed E-state index contributed by atoms with van der Waals surface area (Å²) in [5, 5.41) is 12.5. The maximum absolute atomic E-state index is 14.6. The summed E-state index contributed by atoms with van der Waals surface area (Å²) in [4.78, 5) is 14.7. The summed E-state index contributed by atoms with van der Waals surface area (Å²) < 4.78 is 16.6. The van der Waals surface area contributed by atoms with E-state index in [-0.39, 0.29) is 23.8 Å². The average Bonchev–Trinajstić information content (AvgIpc) is 3.53. The molecule has 0 unspecified atom stereocenters. The molecule has 1 amide bonds. The molecule has 0 bridgehead atoms. The summed E-state index contributed by atoms with van der Waals surface area (Å²) in [6.07, 6.45) is 6.81. The third-order valence-corrected chi connectivity index (χ3v) is 6.14. The molecule has 0 aliphatic heterocycles. The van der Waals surface area contributed by atoms with E-state index in [0.717, 1.165) is 47.0 Å². The highest BCUT2D eigenvalue weighted by Gasteiger charge is 2.29. The smallest absolute Gasteiger partial charge is 0.219 e. The molecule has 158 valence electrons. The van der Waals surface area contributed by atoms with Gasteiger partial charge >= 0.3 is 0 Å². The van der Waals surface area contributed by atoms with Gasteiger partial charge in [0.05, 0.1) is 17.9 Å². The Balaban J connectivity index is 1.38. The molecule has 4 aromatic rings. The van der Waals surface area contributed by atoms with Crippen LogP contribution in [-0.4, -0.2) is 31.9 Å². The molecule has 6 nitrogen and oxygen atoms in total. The van der Waals surface area contributed by atoms with E-state index < -0.39 is 0 Å². The minimum absolute atomic E-state index is 0.0881. The minimum Gasteiger partial charge on any atom is -0.361 e. The first-order chi connectivity index (χ1) is 15.1. The zero-order valence-corrected chi connectivity index (χ0v) is 17.3. The quantitative estimate of drug-likeness (QED) is 0.487. The number of nitrogens with zero attached hydrogens (tertiary/aromatic N) is 3. The Morgan fingerprint density at radius 3 is 2.81 bits per heavy atom. The van der Waals surface area contributed by atoms with Crippen LogP contribution < -0.4 is 5.32 Å². The highest BCUT2D eigenvalue weighted by Crippen LogP contribution is 2.34. The summed E-state index contributed by atoms with van der Waals surface area (Å²) >= 11 is 0. The van der Waals surface area contributed by atoms with Crippen LogP contribution in [0.1, 0.15) is 38.6 Å². The molecule has 0 radical (unpaired) electrons. The van der Waals surface area contributed by atoms with Crippen LogP contribution in [0.15, 0.2) is 54.9 Å². The number of rotatable bonds is 5. The third kappa shape index (κ3) is 3.71. The van der Waals surface area contributed by atoms with Crippen molar-refractivity contribution in [2.24, 2.45) is 0 Å². The van der Waals surface area contributed by atoms with Crippen molar-refractivity contribution in [2.75, 3.05) is 0 Å². The Morgan fingerprint density at radius 1 is 1.19 bits per heavy atom. The zero-order chi connectivity index (χ0) is 21.4. The van der Waals surface area contributed by atoms with Crippen LogP contribution in [-0.2, 0) is 4.79 Å². The van der Waals surface area contributed by atoms with Crippen molar-refractivity contribution in [1.29, 1.82) is 0 Å². The molecule has 0 spiro atoms. The van der Waals surface area contributed by atoms with Gasteiger partial charge in [-0.2, -0.15) is 0 Å². The number of amides is 1. The van der Waals surface area contributed by atoms with Crippen LogP contribution in [0.2, 0.25) is 0 Å². The summed E-state index contributed by atoms with van der Waals surface area (Å²) in [5.74, 6) is -0.161. The molecule has 2 aromatic carbocycles. The Hall–Kier alpha value is -3.48. The van der Waals surface area contributed by atoms with Crippen molar-refractivity contribution in [3.05, 3.63) is 60.7 Å². The largest absolute Gasteiger partial charge is 0.361 e. The van der Waals surface area contributed by atoms with Gasteiger partial charge < -0.3 is 10.3 Å². The van der Waals surface area contributed by atoms with Crippen molar-refractivity contribution in [1.82, 2.24) is 25.3 Å². The maximum Gasteiger partial charge on any atom is 0.219 e. The number of carbonyl (C=O) groups is 1. The van der Waals surface area contributed by atoms with Crippen LogP contribution in [0.3, 0.4) is 0 Å². The molecule has 1 aliphatic rings. The number of halogens is 1. The van der Waals surface area contributed by atoms with Gasteiger partial charge in [0.25, 0.3) is 0 Å². The first kappa shape index (κ1) is 19.5. The lowest BCUT2D eigenvalue weighted by Crippen LogP contribution is -2.32. The van der Waals surface area contributed by atoms with Gasteiger partial charge in [0.2, 0.25) is 5.91 Å². The summed E-state index contributed by atoms with van der Waals surface area (Å²) in [5.41, 5.74) is 4.11. The minimum atomic E-state index is -0.250. The maximum atomic E-state index is 14.6. The van der Waals surface area contributed by atoms with Crippen LogP contribution in [0, 0.1) is 5.82 Å². The highest BCUT2D eigenvalue weighted by molar-refractivity contribution is 5.85. The molecule has 2 atom stereocenters. The first-order valence-corrected chi connectivity index (χ1v) is 10.7. The average molecular weight is 417 g/mol. The van der Waals surface area contributed by atoms with E-state index >= 15 is 0 Å². The predicted molar refractivity (Wildman–Crippen MR) is 118 cm³/mol. The van der Waals surface area contributed by atoms with E-state index in [4.69, 9.17) is 0 Å². The Morgan fingerprint density at radius 2 is 2.00 bits per heavy atom. The van der Waals surface area contributed by atoms with E-state index in [9.17, 15) is 9.18 Å². The fourth-order valence-electron chi connectivity index (χ4n) is 4.48. The standard InChI is InChI=1S/C24H24FN5O/c1-2-24(31)28-18-7-8-19(12-18)30-23(14-27-29-30)16-5-3-15(4-6-16)20-11-17-9-10-26-22(17)13-21(20)25/h3-6,9-11,13-14,18-19,26H,2,7-8,12H2,1H3,(H,28,31)/t18-,19+/m0/s1. The zero-order valence-electron chi connectivity index (χ0n) is 17.3. The number of carbonyl (C=O) groups excluding carboxylic acids is 1. The molecule has 31 heavy (non-hydrogen) atoms. The van der Waals surface area contributed by atoms with Crippen molar-refractivity contribution in [2.45, 2.75) is 44.7 Å². The third-order valence-electron chi connectivity index (χ3n) is 6.14. The van der Waals surface area contributed by atoms with E-state index in [1.54, 1.807) is 6.20 Å². The van der Waals surface area contributed by atoms with E-state index in [0.29, 0.717) is 12.0 Å². The second-order valence-corrected chi connectivity index (χ2v) is 8.12. The number of H-pyrrole nitrogens is 1. The topological polar surface area (TPSA) is 75.6 Å². The number of fused-ring (bicyclic) bond motifs is 1. The number of benzene rings is 2. The predicted octanol–water partition coefficient (Wildman–Crippen LogP) is 4.85. The molecule has 7 heteroatoms. The highest BCUT2D eigenvalue weighted by atomic mass is 19.1. The first-order valence-electron chi connectivity index (χ1n) is 10.7. The van der Waals surface area contributed by atoms with E-state index in [1.165, 1.54) is 6.07 Å². The van der Waals surface area contributed by atoms with Crippen LogP contribution in [0.5, 0.6) is 0 Å². The molecule has 2 aromatic heterocycles. The molecule has 1 aliphatic carbocycles. The van der Waals surface area contributed by atoms with Gasteiger partial charge in [0.1, 0.15) is 5.82 Å². The number of aromatic nitrogens is 4. The normalized spacial score (nSPS) is 18.5. The number of hydrogen-bond acceptors (Lipinski definition) is 3. The molecular weight excluding hydrogens is 393 g/mol. The van der Waals surface area contributed by atoms with Crippen molar-refractivity contribution in [3.8, 4) is 22.4 Å². The van der Waals surface area contributed by atoms with Gasteiger partial charge in [-0.1, -0.05) is 36.4 Å². The van der Waals surface area contributed by atoms with Gasteiger partial charge in [0, 0.05) is 40.7 Å². The number of aromatic amines is 1. The molecule has 1 saturated carbocycles. The van der Waals surface area contributed by atoms with Gasteiger partial charge in [-0.15, -0.1) is 5.10 Å². The summed E-state index contributed by atoms with van der Waals surface area (Å²) in [6.45, 7) is 1.86. The van der Waals surface area contributed by atoms with E-state index in [1.807, 2.05) is 54.2 Å². The van der Waals surface area contributed by atoms with Gasteiger partial charge in [-0.25, -0.2) is 9.07 Å². The molecule has 2 heterocycles. The van der Waals surface area contributed by atoms with Crippen molar-refractivity contribution >= 4 is 16.8 Å². The van der Waals surface area contributed by atoms with Crippen molar-refractivity contribution < 1.29 is 9.18 Å². The second-order valence-electron chi connectivity index (χ2n) is 8.12. The Labute approximate surface area is 179 Å². The molecule has 2 N–H and O–H groups in total. The fraction of sp³-hybridized carbons (Fsp3) is 0.292. The molecule has 0 saturated heterocycles. The van der Waals surface area contributed by atoms with Crippen LogP contribution in [0.4, 0.5) is 4.39 Å². The summed E-state index contributed by atoms with van der Waals surface area (Å²) in [7, 11) is 0. The Kier molecular flexibility index (Phi) is 5.02. The van der Waals surface area contributed by atoms with Crippen LogP contribution >= 0.6 is 0 Å².